The van der Waals surface area contributed by atoms with Gasteiger partial charge in [-0.2, -0.15) is 5.10 Å². The van der Waals surface area contributed by atoms with E-state index in [1.165, 1.54) is 0 Å². The molecule has 0 aliphatic rings. The first-order chi connectivity index (χ1) is 14.1. The Bertz CT molecular complexity index is 1160. The molecule has 0 saturated carbocycles. The van der Waals surface area contributed by atoms with Crippen LogP contribution in [0.25, 0.3) is 10.9 Å². The zero-order chi connectivity index (χ0) is 20.2. The van der Waals surface area contributed by atoms with Gasteiger partial charge in [0, 0.05) is 29.8 Å². The van der Waals surface area contributed by atoms with Crippen LogP contribution in [0.5, 0.6) is 0 Å². The largest absolute Gasteiger partial charge is 0.354 e. The Morgan fingerprint density at radius 3 is 2.69 bits per heavy atom. The molecule has 4 aromatic rings. The van der Waals surface area contributed by atoms with Gasteiger partial charge in [-0.25, -0.2) is 0 Å². The molecule has 146 valence electrons. The monoisotopic (exact) mass is 387 g/mol. The summed E-state index contributed by atoms with van der Waals surface area (Å²) < 4.78 is 1.82. The van der Waals surface area contributed by atoms with Crippen molar-refractivity contribution in [3.05, 3.63) is 83.8 Å². The molecule has 0 radical (unpaired) electrons. The molecule has 0 saturated heterocycles. The van der Waals surface area contributed by atoms with Gasteiger partial charge in [0.15, 0.2) is 0 Å². The van der Waals surface area contributed by atoms with Gasteiger partial charge in [0.05, 0.1) is 19.2 Å². The molecule has 29 heavy (non-hydrogen) atoms. The quantitative estimate of drug-likeness (QED) is 0.475. The van der Waals surface area contributed by atoms with E-state index in [9.17, 15) is 9.59 Å². The Morgan fingerprint density at radius 1 is 1.07 bits per heavy atom. The third kappa shape index (κ3) is 4.35. The highest BCUT2D eigenvalue weighted by atomic mass is 16.2. The van der Waals surface area contributed by atoms with E-state index in [-0.39, 0.29) is 18.2 Å². The number of anilines is 1. The van der Waals surface area contributed by atoms with Gasteiger partial charge in [-0.05, 0) is 35.4 Å². The number of fused-ring (bicyclic) bond motifs is 1. The van der Waals surface area contributed by atoms with Crippen LogP contribution in [0.4, 0.5) is 5.69 Å². The van der Waals surface area contributed by atoms with E-state index in [2.05, 4.69) is 20.7 Å². The molecule has 2 aromatic carbocycles. The van der Waals surface area contributed by atoms with Gasteiger partial charge >= 0.3 is 0 Å². The lowest BCUT2D eigenvalue weighted by atomic mass is 10.2. The molecule has 0 aliphatic heterocycles. The molecule has 2 aromatic heterocycles. The van der Waals surface area contributed by atoms with Gasteiger partial charge in [0.2, 0.25) is 5.91 Å². The lowest BCUT2D eigenvalue weighted by molar-refractivity contribution is -0.115. The third-order valence-corrected chi connectivity index (χ3v) is 4.61. The van der Waals surface area contributed by atoms with Gasteiger partial charge in [-0.1, -0.05) is 30.3 Å². The average Bonchev–Trinajstić information content (AvgIpc) is 3.34. The maximum atomic E-state index is 12.4. The van der Waals surface area contributed by atoms with Crippen molar-refractivity contribution in [1.82, 2.24) is 20.1 Å². The summed E-state index contributed by atoms with van der Waals surface area (Å²) in [6.07, 6.45) is 3.84. The Balaban J connectivity index is 1.40. The van der Waals surface area contributed by atoms with Crippen molar-refractivity contribution in [2.75, 3.05) is 12.4 Å². The van der Waals surface area contributed by atoms with Crippen molar-refractivity contribution < 1.29 is 9.59 Å². The molecule has 0 bridgehead atoms. The van der Waals surface area contributed by atoms with Crippen LogP contribution in [-0.2, 0) is 17.8 Å². The maximum absolute atomic E-state index is 12.4. The summed E-state index contributed by atoms with van der Waals surface area (Å²) in [5.74, 6) is -0.301. The molecule has 3 N–H and O–H groups in total. The summed E-state index contributed by atoms with van der Waals surface area (Å²) >= 11 is 0. The number of carbonyl (C=O) groups excluding carboxylic acids is 2. The zero-order valence-corrected chi connectivity index (χ0v) is 16.0. The highest BCUT2D eigenvalue weighted by molar-refractivity contribution is 6.00. The number of nitrogens with one attached hydrogen (secondary N) is 3. The second-order valence-corrected chi connectivity index (χ2v) is 6.82. The molecule has 7 nitrogen and oxygen atoms in total. The van der Waals surface area contributed by atoms with Crippen molar-refractivity contribution in [2.45, 2.75) is 13.0 Å². The fraction of sp³-hybridized carbons (Fsp3) is 0.136. The van der Waals surface area contributed by atoms with Crippen LogP contribution in [0.2, 0.25) is 0 Å². The molecule has 0 aliphatic carbocycles. The number of H-pyrrole nitrogens is 1. The highest BCUT2D eigenvalue weighted by Gasteiger charge is 2.10. The van der Waals surface area contributed by atoms with E-state index in [4.69, 9.17) is 0 Å². The Hall–Kier alpha value is -3.87. The van der Waals surface area contributed by atoms with Crippen LogP contribution in [0, 0.1) is 0 Å². The van der Waals surface area contributed by atoms with E-state index >= 15 is 0 Å². The number of nitrogens with zero attached hydrogens (tertiary/aromatic N) is 2. The number of hydrogen-bond donors (Lipinski definition) is 3. The fourth-order valence-corrected chi connectivity index (χ4v) is 3.21. The number of rotatable bonds is 6. The van der Waals surface area contributed by atoms with Crippen LogP contribution in [0.3, 0.4) is 0 Å². The first-order valence-electron chi connectivity index (χ1n) is 9.30. The minimum absolute atomic E-state index is 0.120. The van der Waals surface area contributed by atoms with Gasteiger partial charge in [-0.15, -0.1) is 0 Å². The first-order valence-corrected chi connectivity index (χ1v) is 9.30. The number of carbonyl (C=O) groups is 2. The Morgan fingerprint density at radius 2 is 1.90 bits per heavy atom. The normalized spacial score (nSPS) is 10.8. The molecule has 0 atom stereocenters. The van der Waals surface area contributed by atoms with Crippen molar-refractivity contribution in [3.63, 3.8) is 0 Å². The van der Waals surface area contributed by atoms with E-state index in [1.807, 2.05) is 59.4 Å². The van der Waals surface area contributed by atoms with Gasteiger partial charge in [-0.3, -0.25) is 14.3 Å². The Kier molecular flexibility index (Phi) is 5.11. The summed E-state index contributed by atoms with van der Waals surface area (Å²) in [7, 11) is 1.58. The summed E-state index contributed by atoms with van der Waals surface area (Å²) in [6, 6.07) is 17.3. The van der Waals surface area contributed by atoms with E-state index < -0.39 is 0 Å². The predicted molar refractivity (Wildman–Crippen MR) is 112 cm³/mol. The van der Waals surface area contributed by atoms with Crippen LogP contribution in [0.15, 0.2) is 67.0 Å². The Labute approximate surface area is 167 Å². The highest BCUT2D eigenvalue weighted by Crippen LogP contribution is 2.20. The van der Waals surface area contributed by atoms with Crippen LogP contribution >= 0.6 is 0 Å². The van der Waals surface area contributed by atoms with Crippen molar-refractivity contribution in [3.8, 4) is 0 Å². The number of hydrogen-bond acceptors (Lipinski definition) is 3. The van der Waals surface area contributed by atoms with Gasteiger partial charge in [0.25, 0.3) is 5.91 Å². The van der Waals surface area contributed by atoms with Crippen LogP contribution in [0.1, 0.15) is 21.6 Å². The number of aromatic nitrogens is 3. The summed E-state index contributed by atoms with van der Waals surface area (Å²) in [5, 5.41) is 10.7. The standard InChI is InChI=1S/C22H21N5O2/c1-23-22(29)20-11-17-10-18(7-8-19(17)26-20)25-21(28)9-16-12-24-27(14-16)13-15-5-3-2-4-6-15/h2-8,10-12,14,26H,9,13H2,1H3,(H,23,29)(H,25,28). The molecule has 0 spiro atoms. The molecule has 0 unspecified atom stereocenters. The lowest BCUT2D eigenvalue weighted by Crippen LogP contribution is -2.17. The second-order valence-electron chi connectivity index (χ2n) is 6.82. The summed E-state index contributed by atoms with van der Waals surface area (Å²) in [6.45, 7) is 0.667. The molecule has 2 heterocycles. The molecular formula is C22H21N5O2. The summed E-state index contributed by atoms with van der Waals surface area (Å²) in [5.41, 5.74) is 4.01. The third-order valence-electron chi connectivity index (χ3n) is 4.61. The fourth-order valence-electron chi connectivity index (χ4n) is 3.21. The van der Waals surface area contributed by atoms with Gasteiger partial charge < -0.3 is 15.6 Å². The molecular weight excluding hydrogens is 366 g/mol. The molecule has 4 rings (SSSR count). The number of aromatic amines is 1. The average molecular weight is 387 g/mol. The SMILES string of the molecule is CNC(=O)c1cc2cc(NC(=O)Cc3cnn(Cc4ccccc4)c3)ccc2[nH]1. The lowest BCUT2D eigenvalue weighted by Gasteiger charge is -2.04. The molecule has 7 heteroatoms. The number of amides is 2. The van der Waals surface area contributed by atoms with Crippen molar-refractivity contribution >= 4 is 28.4 Å². The topological polar surface area (TPSA) is 91.8 Å². The first kappa shape index (κ1) is 18.5. The van der Waals surface area contributed by atoms with E-state index in [1.54, 1.807) is 19.3 Å². The van der Waals surface area contributed by atoms with Crippen molar-refractivity contribution in [2.24, 2.45) is 0 Å². The maximum Gasteiger partial charge on any atom is 0.267 e. The van der Waals surface area contributed by atoms with Crippen molar-refractivity contribution in [1.29, 1.82) is 0 Å². The summed E-state index contributed by atoms with van der Waals surface area (Å²) in [4.78, 5) is 27.2. The minimum Gasteiger partial charge on any atom is -0.354 e. The molecule has 0 fully saturated rings. The smallest absolute Gasteiger partial charge is 0.267 e. The zero-order valence-electron chi connectivity index (χ0n) is 16.0. The molecule has 2 amide bonds. The van der Waals surface area contributed by atoms with E-state index in [0.29, 0.717) is 17.9 Å². The van der Waals surface area contributed by atoms with Gasteiger partial charge in [0.1, 0.15) is 5.69 Å². The van der Waals surface area contributed by atoms with Crippen LogP contribution < -0.4 is 10.6 Å². The second kappa shape index (κ2) is 8.02. The number of benzene rings is 2. The predicted octanol–water partition coefficient (Wildman–Crippen LogP) is 2.95. The van der Waals surface area contributed by atoms with Crippen LogP contribution in [-0.4, -0.2) is 33.6 Å². The minimum atomic E-state index is -0.181. The van der Waals surface area contributed by atoms with E-state index in [0.717, 1.165) is 22.0 Å².